The Bertz CT molecular complexity index is 538. The number of nitrogen functional groups attached to an aromatic ring is 1. The van der Waals surface area contributed by atoms with E-state index in [1.807, 2.05) is 6.07 Å². The number of hydrogen-bond donors (Lipinski definition) is 3. The third-order valence-electron chi connectivity index (χ3n) is 3.99. The highest BCUT2D eigenvalue weighted by Crippen LogP contribution is 2.30. The van der Waals surface area contributed by atoms with E-state index in [0.717, 1.165) is 28.2 Å². The summed E-state index contributed by atoms with van der Waals surface area (Å²) in [6.07, 6.45) is 6.90. The summed E-state index contributed by atoms with van der Waals surface area (Å²) in [6, 6.07) is 4.60. The van der Waals surface area contributed by atoms with Gasteiger partial charge in [0.2, 0.25) is 0 Å². The molecule has 0 spiro atoms. The molecule has 18 heavy (non-hydrogen) atoms. The molecule has 3 rings (SSSR count). The number of aromatic nitrogens is 2. The highest BCUT2D eigenvalue weighted by Gasteiger charge is 2.18. The van der Waals surface area contributed by atoms with E-state index in [1.165, 1.54) is 25.7 Å². The number of hydrogen-bond acceptors (Lipinski definition) is 3. The smallest absolute Gasteiger partial charge is 0.0672 e. The molecule has 4 heteroatoms. The van der Waals surface area contributed by atoms with E-state index in [2.05, 4.69) is 28.5 Å². The van der Waals surface area contributed by atoms with Crippen molar-refractivity contribution in [1.29, 1.82) is 0 Å². The molecule has 2 aromatic rings. The second kappa shape index (κ2) is 4.52. The molecular weight excluding hydrogens is 224 g/mol. The SMILES string of the molecule is CC1CCC(Nc2cc3[nH]ncc3cc2N)CC1. The van der Waals surface area contributed by atoms with Crippen LogP contribution >= 0.6 is 0 Å². The number of benzene rings is 1. The Balaban J connectivity index is 1.79. The Labute approximate surface area is 107 Å². The van der Waals surface area contributed by atoms with Gasteiger partial charge >= 0.3 is 0 Å². The van der Waals surface area contributed by atoms with Gasteiger partial charge in [-0.3, -0.25) is 5.10 Å². The van der Waals surface area contributed by atoms with E-state index in [4.69, 9.17) is 5.73 Å². The Morgan fingerprint density at radius 2 is 2.06 bits per heavy atom. The molecule has 0 bridgehead atoms. The van der Waals surface area contributed by atoms with Gasteiger partial charge < -0.3 is 11.1 Å². The summed E-state index contributed by atoms with van der Waals surface area (Å²) in [7, 11) is 0. The fourth-order valence-electron chi connectivity index (χ4n) is 2.76. The number of H-pyrrole nitrogens is 1. The van der Waals surface area contributed by atoms with Gasteiger partial charge in [0.05, 0.1) is 23.1 Å². The van der Waals surface area contributed by atoms with Crippen LogP contribution in [-0.4, -0.2) is 16.2 Å². The van der Waals surface area contributed by atoms with Crippen molar-refractivity contribution in [1.82, 2.24) is 10.2 Å². The molecule has 0 saturated heterocycles. The molecule has 1 fully saturated rings. The fourth-order valence-corrected chi connectivity index (χ4v) is 2.76. The van der Waals surface area contributed by atoms with Crippen LogP contribution in [0.5, 0.6) is 0 Å². The minimum Gasteiger partial charge on any atom is -0.397 e. The third kappa shape index (κ3) is 2.15. The van der Waals surface area contributed by atoms with Gasteiger partial charge in [0, 0.05) is 11.4 Å². The average molecular weight is 244 g/mol. The number of fused-ring (bicyclic) bond motifs is 1. The van der Waals surface area contributed by atoms with E-state index in [9.17, 15) is 0 Å². The first-order valence-corrected chi connectivity index (χ1v) is 6.71. The van der Waals surface area contributed by atoms with Gasteiger partial charge in [0.1, 0.15) is 0 Å². The van der Waals surface area contributed by atoms with Crippen LogP contribution in [0.3, 0.4) is 0 Å². The molecule has 1 aromatic carbocycles. The van der Waals surface area contributed by atoms with Crippen LogP contribution in [0.1, 0.15) is 32.6 Å². The van der Waals surface area contributed by atoms with Crippen molar-refractivity contribution in [3.8, 4) is 0 Å². The quantitative estimate of drug-likeness (QED) is 0.711. The van der Waals surface area contributed by atoms with E-state index in [1.54, 1.807) is 6.20 Å². The molecule has 1 aliphatic carbocycles. The summed E-state index contributed by atoms with van der Waals surface area (Å²) >= 11 is 0. The highest BCUT2D eigenvalue weighted by molar-refractivity contribution is 5.88. The summed E-state index contributed by atoms with van der Waals surface area (Å²) in [5.41, 5.74) is 8.97. The lowest BCUT2D eigenvalue weighted by Gasteiger charge is -2.28. The third-order valence-corrected chi connectivity index (χ3v) is 3.99. The van der Waals surface area contributed by atoms with E-state index in [0.29, 0.717) is 6.04 Å². The van der Waals surface area contributed by atoms with Crippen LogP contribution in [0.25, 0.3) is 10.9 Å². The van der Waals surface area contributed by atoms with Crippen molar-refractivity contribution in [2.75, 3.05) is 11.1 Å². The van der Waals surface area contributed by atoms with Crippen LogP contribution in [0.2, 0.25) is 0 Å². The van der Waals surface area contributed by atoms with Gasteiger partial charge in [0.15, 0.2) is 0 Å². The van der Waals surface area contributed by atoms with Crippen molar-refractivity contribution in [3.05, 3.63) is 18.3 Å². The highest BCUT2D eigenvalue weighted by atomic mass is 15.1. The van der Waals surface area contributed by atoms with Gasteiger partial charge in [-0.1, -0.05) is 6.92 Å². The molecule has 0 aliphatic heterocycles. The summed E-state index contributed by atoms with van der Waals surface area (Å²) in [5, 5.41) is 11.7. The first kappa shape index (κ1) is 11.4. The van der Waals surface area contributed by atoms with Crippen molar-refractivity contribution in [3.63, 3.8) is 0 Å². The summed E-state index contributed by atoms with van der Waals surface area (Å²) in [4.78, 5) is 0. The van der Waals surface area contributed by atoms with Gasteiger partial charge in [-0.2, -0.15) is 5.10 Å². The zero-order chi connectivity index (χ0) is 12.5. The molecule has 4 N–H and O–H groups in total. The molecule has 4 nitrogen and oxygen atoms in total. The second-order valence-electron chi connectivity index (χ2n) is 5.50. The Hall–Kier alpha value is -1.71. The molecule has 0 unspecified atom stereocenters. The Morgan fingerprint density at radius 1 is 1.28 bits per heavy atom. The fraction of sp³-hybridized carbons (Fsp3) is 0.500. The molecule has 96 valence electrons. The summed E-state index contributed by atoms with van der Waals surface area (Å²) in [5.74, 6) is 0.871. The van der Waals surface area contributed by atoms with E-state index < -0.39 is 0 Å². The van der Waals surface area contributed by atoms with Gasteiger partial charge in [0.25, 0.3) is 0 Å². The minimum atomic E-state index is 0.559. The monoisotopic (exact) mass is 244 g/mol. The number of nitrogens with zero attached hydrogens (tertiary/aromatic N) is 1. The normalized spacial score (nSPS) is 24.3. The zero-order valence-electron chi connectivity index (χ0n) is 10.7. The van der Waals surface area contributed by atoms with Crippen LogP contribution in [-0.2, 0) is 0 Å². The zero-order valence-corrected chi connectivity index (χ0v) is 10.7. The molecule has 1 aliphatic rings. The minimum absolute atomic E-state index is 0.559. The van der Waals surface area contributed by atoms with Crippen molar-refractivity contribution < 1.29 is 0 Å². The van der Waals surface area contributed by atoms with Gasteiger partial charge in [-0.15, -0.1) is 0 Å². The lowest BCUT2D eigenvalue weighted by atomic mass is 9.87. The maximum absolute atomic E-state index is 6.09. The number of aromatic amines is 1. The van der Waals surface area contributed by atoms with Gasteiger partial charge in [-0.25, -0.2) is 0 Å². The van der Waals surface area contributed by atoms with Crippen LogP contribution < -0.4 is 11.1 Å². The Morgan fingerprint density at radius 3 is 2.83 bits per heavy atom. The first-order chi connectivity index (χ1) is 8.72. The first-order valence-electron chi connectivity index (χ1n) is 6.71. The topological polar surface area (TPSA) is 66.7 Å². The predicted molar refractivity (Wildman–Crippen MR) is 75.5 cm³/mol. The van der Waals surface area contributed by atoms with Crippen LogP contribution in [0.4, 0.5) is 11.4 Å². The lowest BCUT2D eigenvalue weighted by molar-refractivity contribution is 0.361. The molecular formula is C14H20N4. The van der Waals surface area contributed by atoms with Gasteiger partial charge in [-0.05, 0) is 43.7 Å². The average Bonchev–Trinajstić information content (AvgIpc) is 2.79. The predicted octanol–water partition coefficient (Wildman–Crippen LogP) is 3.14. The lowest BCUT2D eigenvalue weighted by Crippen LogP contribution is -2.25. The van der Waals surface area contributed by atoms with Crippen molar-refractivity contribution >= 4 is 22.3 Å². The van der Waals surface area contributed by atoms with Crippen LogP contribution in [0.15, 0.2) is 18.3 Å². The second-order valence-corrected chi connectivity index (χ2v) is 5.50. The maximum Gasteiger partial charge on any atom is 0.0672 e. The number of anilines is 2. The standard InChI is InChI=1S/C14H20N4/c1-9-2-4-11(5-3-9)17-14-7-13-10(6-12(14)15)8-16-18-13/h6-9,11,17H,2-5,15H2,1H3,(H,16,18). The number of nitrogens with one attached hydrogen (secondary N) is 2. The molecule has 1 saturated carbocycles. The number of rotatable bonds is 2. The summed E-state index contributed by atoms with van der Waals surface area (Å²) < 4.78 is 0. The molecule has 0 atom stereocenters. The molecule has 0 radical (unpaired) electrons. The van der Waals surface area contributed by atoms with E-state index >= 15 is 0 Å². The molecule has 1 aromatic heterocycles. The van der Waals surface area contributed by atoms with E-state index in [-0.39, 0.29) is 0 Å². The summed E-state index contributed by atoms with van der Waals surface area (Å²) in [6.45, 7) is 2.33. The largest absolute Gasteiger partial charge is 0.397 e. The maximum atomic E-state index is 6.09. The van der Waals surface area contributed by atoms with Crippen molar-refractivity contribution in [2.45, 2.75) is 38.6 Å². The van der Waals surface area contributed by atoms with Crippen molar-refractivity contribution in [2.24, 2.45) is 5.92 Å². The Kier molecular flexibility index (Phi) is 2.86. The van der Waals surface area contributed by atoms with Crippen LogP contribution in [0, 0.1) is 5.92 Å². The molecule has 0 amide bonds. The number of nitrogens with two attached hydrogens (primary N) is 1. The molecule has 1 heterocycles.